The summed E-state index contributed by atoms with van der Waals surface area (Å²) in [6.45, 7) is 3.47. The van der Waals surface area contributed by atoms with Crippen molar-refractivity contribution in [1.29, 1.82) is 0 Å². The maximum atomic E-state index is 13.8. The highest BCUT2D eigenvalue weighted by Crippen LogP contribution is 2.36. The van der Waals surface area contributed by atoms with E-state index in [1.807, 2.05) is 12.1 Å². The van der Waals surface area contributed by atoms with Crippen molar-refractivity contribution in [1.82, 2.24) is 24.5 Å². The van der Waals surface area contributed by atoms with Crippen LogP contribution in [0.3, 0.4) is 0 Å². The molecule has 8 nitrogen and oxygen atoms in total. The molecule has 2 atom stereocenters. The topological polar surface area (TPSA) is 91.9 Å². The minimum atomic E-state index is -0.201. The van der Waals surface area contributed by atoms with Gasteiger partial charge in [-0.05, 0) is 55.7 Å². The second-order valence-electron chi connectivity index (χ2n) is 9.16. The fourth-order valence-electron chi connectivity index (χ4n) is 4.89. The van der Waals surface area contributed by atoms with Gasteiger partial charge in [0.05, 0.1) is 29.3 Å². The summed E-state index contributed by atoms with van der Waals surface area (Å²) in [5.41, 5.74) is 1.56. The molecule has 1 saturated heterocycles. The maximum absolute atomic E-state index is 13.8. The van der Waals surface area contributed by atoms with Crippen LogP contribution in [0.25, 0.3) is 21.1 Å². The molecule has 2 unspecified atom stereocenters. The molecule has 10 heteroatoms. The van der Waals surface area contributed by atoms with Gasteiger partial charge in [-0.15, -0.1) is 16.4 Å². The summed E-state index contributed by atoms with van der Waals surface area (Å²) in [6, 6.07) is 7.18. The highest BCUT2D eigenvalue weighted by molar-refractivity contribution is 7.98. The summed E-state index contributed by atoms with van der Waals surface area (Å²) in [7, 11) is 0. The van der Waals surface area contributed by atoms with Gasteiger partial charge in [0.1, 0.15) is 10.3 Å². The van der Waals surface area contributed by atoms with Gasteiger partial charge in [-0.25, -0.2) is 4.98 Å². The highest BCUT2D eigenvalue weighted by atomic mass is 32.2. The Labute approximate surface area is 204 Å². The van der Waals surface area contributed by atoms with E-state index in [4.69, 9.17) is 9.72 Å². The summed E-state index contributed by atoms with van der Waals surface area (Å²) >= 11 is 2.99. The number of rotatable bonds is 5. The smallest absolute Gasteiger partial charge is 0.278 e. The third kappa shape index (κ3) is 3.87. The largest absolute Gasteiger partial charge is 0.376 e. The lowest BCUT2D eigenvalue weighted by Crippen LogP contribution is -2.29. The van der Waals surface area contributed by atoms with Gasteiger partial charge in [-0.2, -0.15) is 4.68 Å². The van der Waals surface area contributed by atoms with Gasteiger partial charge in [-0.3, -0.25) is 14.2 Å². The number of nitrogens with zero attached hydrogens (tertiary/aromatic N) is 5. The van der Waals surface area contributed by atoms with Crippen molar-refractivity contribution in [2.75, 3.05) is 6.61 Å². The van der Waals surface area contributed by atoms with Crippen LogP contribution in [-0.2, 0) is 30.0 Å². The number of thioether (sulfide) groups is 1. The Morgan fingerprint density at radius 1 is 1.21 bits per heavy atom. The van der Waals surface area contributed by atoms with Crippen LogP contribution in [0.1, 0.15) is 36.6 Å². The van der Waals surface area contributed by atoms with Crippen LogP contribution < -0.4 is 11.1 Å². The molecule has 4 heterocycles. The van der Waals surface area contributed by atoms with Gasteiger partial charge in [-0.1, -0.05) is 36.0 Å². The van der Waals surface area contributed by atoms with Crippen LogP contribution in [0.4, 0.5) is 0 Å². The summed E-state index contributed by atoms with van der Waals surface area (Å²) in [5, 5.41) is 10.2. The first-order valence-electron chi connectivity index (χ1n) is 11.7. The lowest BCUT2D eigenvalue weighted by atomic mass is 9.89. The molecule has 6 rings (SSSR count). The predicted octanol–water partition coefficient (Wildman–Crippen LogP) is 3.62. The molecule has 1 aliphatic carbocycles. The fourth-order valence-corrected chi connectivity index (χ4v) is 7.20. The fraction of sp³-hybridized carbons (Fsp3) is 0.458. The van der Waals surface area contributed by atoms with Crippen molar-refractivity contribution in [3.8, 4) is 0 Å². The lowest BCUT2D eigenvalue weighted by molar-refractivity contribution is 0.0937. The second kappa shape index (κ2) is 8.90. The van der Waals surface area contributed by atoms with E-state index >= 15 is 0 Å². The maximum Gasteiger partial charge on any atom is 0.278 e. The third-order valence-electron chi connectivity index (χ3n) is 6.74. The molecule has 0 N–H and O–H groups in total. The first kappa shape index (κ1) is 21.9. The Bertz CT molecular complexity index is 1500. The van der Waals surface area contributed by atoms with E-state index in [2.05, 4.69) is 17.2 Å². The van der Waals surface area contributed by atoms with Crippen molar-refractivity contribution >= 4 is 44.2 Å². The molecule has 1 fully saturated rings. The lowest BCUT2D eigenvalue weighted by Gasteiger charge is -2.18. The number of thiophene rings is 1. The van der Waals surface area contributed by atoms with E-state index in [1.165, 1.54) is 26.9 Å². The molecular formula is C24H25N5O3S2. The van der Waals surface area contributed by atoms with E-state index in [9.17, 15) is 9.59 Å². The molecule has 0 spiro atoms. The standard InChI is InChI=1S/C24H25N5O3S2/c1-14-8-9-17-19(11-14)34-21-20(17)23(31)28(12-15-5-4-10-32-15)24(25-21)33-13-29-22(30)16-6-2-3-7-18(16)26-27-29/h2-3,6-7,14-15H,4-5,8-13H2,1H3. The average Bonchev–Trinajstić information content (AvgIpc) is 3.48. The molecule has 1 aliphatic heterocycles. The van der Waals surface area contributed by atoms with Gasteiger partial charge in [0.15, 0.2) is 5.16 Å². The van der Waals surface area contributed by atoms with Crippen LogP contribution in [-0.4, -0.2) is 37.3 Å². The first-order valence-corrected chi connectivity index (χ1v) is 13.5. The molecule has 0 amide bonds. The zero-order chi connectivity index (χ0) is 23.2. The number of aryl methyl sites for hydroxylation is 1. The number of fused-ring (bicyclic) bond motifs is 4. The number of hydrogen-bond acceptors (Lipinski definition) is 8. The van der Waals surface area contributed by atoms with E-state index in [-0.39, 0.29) is 23.1 Å². The number of aromatic nitrogens is 5. The molecule has 0 radical (unpaired) electrons. The second-order valence-corrected chi connectivity index (χ2v) is 11.2. The number of hydrogen-bond donors (Lipinski definition) is 0. The average molecular weight is 496 g/mol. The molecular weight excluding hydrogens is 470 g/mol. The van der Waals surface area contributed by atoms with Crippen LogP contribution in [0, 0.1) is 5.92 Å². The molecule has 4 aromatic rings. The third-order valence-corrected chi connectivity index (χ3v) is 8.83. The summed E-state index contributed by atoms with van der Waals surface area (Å²) in [4.78, 5) is 33.7. The normalized spacial score (nSPS) is 20.3. The predicted molar refractivity (Wildman–Crippen MR) is 134 cm³/mol. The van der Waals surface area contributed by atoms with Crippen LogP contribution in [0.5, 0.6) is 0 Å². The minimum Gasteiger partial charge on any atom is -0.376 e. The van der Waals surface area contributed by atoms with Gasteiger partial charge in [0.2, 0.25) is 0 Å². The van der Waals surface area contributed by atoms with Crippen molar-refractivity contribution in [2.45, 2.75) is 62.7 Å². The van der Waals surface area contributed by atoms with Crippen LogP contribution >= 0.6 is 23.1 Å². The van der Waals surface area contributed by atoms with E-state index < -0.39 is 0 Å². The Morgan fingerprint density at radius 3 is 2.94 bits per heavy atom. The van der Waals surface area contributed by atoms with Crippen molar-refractivity contribution in [3.05, 3.63) is 55.4 Å². The molecule has 3 aromatic heterocycles. The van der Waals surface area contributed by atoms with Gasteiger partial charge >= 0.3 is 0 Å². The Balaban J connectivity index is 1.41. The summed E-state index contributed by atoms with van der Waals surface area (Å²) in [6.07, 6.45) is 4.99. The molecule has 0 bridgehead atoms. The zero-order valence-electron chi connectivity index (χ0n) is 18.9. The minimum absolute atomic E-state index is 0.00648. The molecule has 34 heavy (non-hydrogen) atoms. The monoisotopic (exact) mass is 495 g/mol. The van der Waals surface area contributed by atoms with Crippen molar-refractivity contribution in [2.24, 2.45) is 5.92 Å². The quantitative estimate of drug-likeness (QED) is 0.308. The molecule has 0 saturated carbocycles. The van der Waals surface area contributed by atoms with Crippen LogP contribution in [0.2, 0.25) is 0 Å². The zero-order valence-corrected chi connectivity index (χ0v) is 20.5. The number of ether oxygens (including phenoxy) is 1. The highest BCUT2D eigenvalue weighted by Gasteiger charge is 2.26. The Hall–Kier alpha value is -2.56. The molecule has 1 aromatic carbocycles. The van der Waals surface area contributed by atoms with Gasteiger partial charge in [0, 0.05) is 11.5 Å². The molecule has 2 aliphatic rings. The van der Waals surface area contributed by atoms with Crippen molar-refractivity contribution in [3.63, 3.8) is 0 Å². The summed E-state index contributed by atoms with van der Waals surface area (Å²) in [5.74, 6) is 0.851. The summed E-state index contributed by atoms with van der Waals surface area (Å²) < 4.78 is 8.94. The van der Waals surface area contributed by atoms with E-state index in [0.29, 0.717) is 28.5 Å². The van der Waals surface area contributed by atoms with E-state index in [1.54, 1.807) is 28.0 Å². The van der Waals surface area contributed by atoms with Gasteiger partial charge < -0.3 is 4.74 Å². The first-order chi connectivity index (χ1) is 16.6. The van der Waals surface area contributed by atoms with E-state index in [0.717, 1.165) is 48.9 Å². The Kier molecular flexibility index (Phi) is 5.74. The molecule has 176 valence electrons. The van der Waals surface area contributed by atoms with Crippen molar-refractivity contribution < 1.29 is 4.74 Å². The number of benzene rings is 1. The Morgan fingerprint density at radius 2 is 2.09 bits per heavy atom. The van der Waals surface area contributed by atoms with Crippen LogP contribution in [0.15, 0.2) is 39.0 Å². The SMILES string of the molecule is CC1CCc2c(sc3nc(SCn4nnc5ccccc5c4=O)n(CC4CCCO4)c(=O)c23)C1. The van der Waals surface area contributed by atoms with Gasteiger partial charge in [0.25, 0.3) is 11.1 Å².